The molecule has 6 rings (SSSR count). The zero-order valence-corrected chi connectivity index (χ0v) is 31.2. The summed E-state index contributed by atoms with van der Waals surface area (Å²) in [7, 11) is 2.07. The average Bonchev–Trinajstić information content (AvgIpc) is 3.66. The van der Waals surface area contributed by atoms with Crippen LogP contribution in [0.1, 0.15) is 102 Å². The van der Waals surface area contributed by atoms with Crippen molar-refractivity contribution in [2.24, 2.45) is 0 Å². The lowest BCUT2D eigenvalue weighted by molar-refractivity contribution is -0.0535. The molecule has 0 aliphatic carbocycles. The van der Waals surface area contributed by atoms with Gasteiger partial charge in [-0.05, 0) is 124 Å². The molecule has 0 unspecified atom stereocenters. The van der Waals surface area contributed by atoms with E-state index in [-0.39, 0.29) is 30.3 Å². The summed E-state index contributed by atoms with van der Waals surface area (Å²) in [5.74, 6) is 0.0905. The number of amides is 2. The smallest absolute Gasteiger partial charge is 0.419 e. The first kappa shape index (κ1) is 36.6. The summed E-state index contributed by atoms with van der Waals surface area (Å²) in [5, 5.41) is 3.75. The lowest BCUT2D eigenvalue weighted by Crippen LogP contribution is -2.45. The van der Waals surface area contributed by atoms with Gasteiger partial charge in [-0.1, -0.05) is 0 Å². The summed E-state index contributed by atoms with van der Waals surface area (Å²) >= 11 is 0. The second-order valence-corrected chi connectivity index (χ2v) is 16.1. The van der Waals surface area contributed by atoms with E-state index in [9.17, 15) is 14.4 Å². The highest BCUT2D eigenvalue weighted by Gasteiger charge is 2.32. The molecule has 12 nitrogen and oxygen atoms in total. The van der Waals surface area contributed by atoms with Crippen LogP contribution in [0.2, 0.25) is 0 Å². The fourth-order valence-corrected chi connectivity index (χ4v) is 7.27. The number of nitrogens with zero attached hydrogens (tertiary/aromatic N) is 5. The molecule has 0 spiro atoms. The Hall–Kier alpha value is -4.16. The van der Waals surface area contributed by atoms with E-state index in [1.807, 2.05) is 71.9 Å². The van der Waals surface area contributed by atoms with Gasteiger partial charge in [0.15, 0.2) is 0 Å². The summed E-state index contributed by atoms with van der Waals surface area (Å²) in [6.07, 6.45) is 6.86. The highest BCUT2D eigenvalue weighted by atomic mass is 16.6. The minimum absolute atomic E-state index is 0.0930. The standard InChI is InChI=1S/C39H54N6O6/c1-38(2,3)50-36(47)44-21-16-30(17-22-44)49-29-14-19-43(20-15-29)28-12-10-26(11-13-28)35(46)41-34-24-32-27(25-40-34)23-33(31-9-8-18-42(31)7)45(32)37(48)51-39(4,5)6/h10-13,23-25,29-31H,8-9,14-22H2,1-7H3,(H,40,41,46)/t31-/m1/s1. The summed E-state index contributed by atoms with van der Waals surface area (Å²) in [6, 6.07) is 11.5. The van der Waals surface area contributed by atoms with Gasteiger partial charge in [0.05, 0.1) is 23.8 Å². The third-order valence-corrected chi connectivity index (χ3v) is 9.81. The highest BCUT2D eigenvalue weighted by molar-refractivity contribution is 6.05. The number of hydrogen-bond donors (Lipinski definition) is 1. The third kappa shape index (κ3) is 9.02. The zero-order valence-electron chi connectivity index (χ0n) is 31.2. The van der Waals surface area contributed by atoms with Crippen molar-refractivity contribution in [3.63, 3.8) is 0 Å². The second-order valence-electron chi connectivity index (χ2n) is 16.1. The van der Waals surface area contributed by atoms with Gasteiger partial charge in [0.1, 0.15) is 17.0 Å². The normalized spacial score (nSPS) is 19.8. The largest absolute Gasteiger partial charge is 0.444 e. The molecule has 1 aromatic carbocycles. The van der Waals surface area contributed by atoms with Gasteiger partial charge in [-0.2, -0.15) is 0 Å². The lowest BCUT2D eigenvalue weighted by Gasteiger charge is -2.38. The van der Waals surface area contributed by atoms with Gasteiger partial charge in [-0.25, -0.2) is 19.1 Å². The van der Waals surface area contributed by atoms with Crippen LogP contribution in [0, 0.1) is 0 Å². The maximum Gasteiger partial charge on any atom is 0.419 e. The van der Waals surface area contributed by atoms with Crippen LogP contribution in [0.4, 0.5) is 21.1 Å². The molecule has 0 saturated carbocycles. The number of nitrogens with one attached hydrogen (secondary N) is 1. The van der Waals surface area contributed by atoms with Crippen molar-refractivity contribution < 1.29 is 28.6 Å². The summed E-state index contributed by atoms with van der Waals surface area (Å²) < 4.78 is 19.4. The number of carbonyl (C=O) groups is 3. The fraction of sp³-hybridized carbons (Fsp3) is 0.590. The Kier molecular flexibility index (Phi) is 10.6. The van der Waals surface area contributed by atoms with Crippen LogP contribution in [0.3, 0.4) is 0 Å². The number of fused-ring (bicyclic) bond motifs is 1. The fourth-order valence-electron chi connectivity index (χ4n) is 7.27. The lowest BCUT2D eigenvalue weighted by atomic mass is 10.0. The minimum Gasteiger partial charge on any atom is -0.444 e. The molecule has 0 bridgehead atoms. The minimum atomic E-state index is -0.657. The van der Waals surface area contributed by atoms with Crippen molar-refractivity contribution in [1.82, 2.24) is 19.4 Å². The van der Waals surface area contributed by atoms with Crippen LogP contribution >= 0.6 is 0 Å². The van der Waals surface area contributed by atoms with E-state index in [1.54, 1.807) is 21.7 Å². The summed E-state index contributed by atoms with van der Waals surface area (Å²) in [5.41, 5.74) is 1.96. The van der Waals surface area contributed by atoms with Crippen molar-refractivity contribution in [3.8, 4) is 0 Å². The van der Waals surface area contributed by atoms with Crippen LogP contribution in [0.15, 0.2) is 42.6 Å². The Balaban J connectivity index is 1.04. The van der Waals surface area contributed by atoms with Crippen molar-refractivity contribution in [1.29, 1.82) is 0 Å². The van der Waals surface area contributed by atoms with Crippen LogP contribution in [0.5, 0.6) is 0 Å². The Morgan fingerprint density at radius 1 is 0.784 bits per heavy atom. The van der Waals surface area contributed by atoms with Gasteiger partial charge < -0.3 is 29.3 Å². The monoisotopic (exact) mass is 702 g/mol. The summed E-state index contributed by atoms with van der Waals surface area (Å²) in [4.78, 5) is 50.1. The van der Waals surface area contributed by atoms with Gasteiger partial charge in [0.25, 0.3) is 5.91 Å². The molecule has 276 valence electrons. The SMILES string of the molecule is CN1CCC[C@@H]1c1cc2cnc(NC(=O)c3ccc(N4CCC(OC5CCN(C(=O)OC(C)(C)C)CC5)CC4)cc3)cc2n1C(=O)OC(C)(C)C. The van der Waals surface area contributed by atoms with Crippen LogP contribution in [0.25, 0.3) is 10.9 Å². The number of benzene rings is 1. The van der Waals surface area contributed by atoms with E-state index in [1.165, 1.54) is 0 Å². The predicted octanol–water partition coefficient (Wildman–Crippen LogP) is 7.22. The average molecular weight is 703 g/mol. The molecule has 12 heteroatoms. The quantitative estimate of drug-likeness (QED) is 0.284. The molecule has 3 aliphatic rings. The topological polar surface area (TPSA) is 118 Å². The van der Waals surface area contributed by atoms with E-state index in [0.29, 0.717) is 30.0 Å². The van der Waals surface area contributed by atoms with Gasteiger partial charge in [0.2, 0.25) is 0 Å². The van der Waals surface area contributed by atoms with Crippen LogP contribution < -0.4 is 10.2 Å². The molecular formula is C39H54N6O6. The van der Waals surface area contributed by atoms with E-state index in [0.717, 1.165) is 74.9 Å². The molecule has 1 N–H and O–H groups in total. The zero-order chi connectivity index (χ0) is 36.5. The molecule has 5 heterocycles. The van der Waals surface area contributed by atoms with E-state index < -0.39 is 17.3 Å². The Morgan fingerprint density at radius 2 is 1.39 bits per heavy atom. The molecular weight excluding hydrogens is 648 g/mol. The van der Waals surface area contributed by atoms with Crippen molar-refractivity contribution in [2.75, 3.05) is 50.0 Å². The van der Waals surface area contributed by atoms with Crippen LogP contribution in [-0.4, -0.2) is 101 Å². The maximum atomic E-state index is 13.5. The number of pyridine rings is 1. The van der Waals surface area contributed by atoms with Crippen molar-refractivity contribution in [2.45, 2.75) is 110 Å². The first-order valence-corrected chi connectivity index (χ1v) is 18.4. The van der Waals surface area contributed by atoms with Gasteiger partial charge in [-0.3, -0.25) is 9.69 Å². The first-order valence-electron chi connectivity index (χ1n) is 18.4. The van der Waals surface area contributed by atoms with Crippen molar-refractivity contribution >= 4 is 40.5 Å². The number of likely N-dealkylation sites (tertiary alicyclic amines) is 2. The molecule has 3 aromatic rings. The summed E-state index contributed by atoms with van der Waals surface area (Å²) in [6.45, 7) is 15.2. The second kappa shape index (κ2) is 14.8. The third-order valence-electron chi connectivity index (χ3n) is 9.81. The molecule has 51 heavy (non-hydrogen) atoms. The first-order chi connectivity index (χ1) is 24.1. The van der Waals surface area contributed by atoms with Crippen LogP contribution in [-0.2, 0) is 14.2 Å². The molecule has 2 aromatic heterocycles. The van der Waals surface area contributed by atoms with E-state index in [4.69, 9.17) is 14.2 Å². The molecule has 3 saturated heterocycles. The molecule has 3 aliphatic heterocycles. The Labute approximate surface area is 301 Å². The number of rotatable bonds is 6. The maximum absolute atomic E-state index is 13.5. The number of carbonyl (C=O) groups excluding carboxylic acids is 3. The molecule has 3 fully saturated rings. The number of ether oxygens (including phenoxy) is 3. The van der Waals surface area contributed by atoms with Gasteiger partial charge in [-0.15, -0.1) is 0 Å². The number of aromatic nitrogens is 2. The molecule has 0 radical (unpaired) electrons. The van der Waals surface area contributed by atoms with Crippen molar-refractivity contribution in [3.05, 3.63) is 53.9 Å². The Bertz CT molecular complexity index is 1710. The number of hydrogen-bond acceptors (Lipinski definition) is 9. The van der Waals surface area contributed by atoms with Gasteiger partial charge in [0, 0.05) is 60.8 Å². The molecule has 1 atom stereocenters. The number of anilines is 2. The van der Waals surface area contributed by atoms with E-state index in [2.05, 4.69) is 27.1 Å². The predicted molar refractivity (Wildman–Crippen MR) is 198 cm³/mol. The van der Waals surface area contributed by atoms with E-state index >= 15 is 0 Å². The Morgan fingerprint density at radius 3 is 1.98 bits per heavy atom. The molecule has 2 amide bonds. The number of piperidine rings is 2. The van der Waals surface area contributed by atoms with Gasteiger partial charge >= 0.3 is 12.2 Å². The highest BCUT2D eigenvalue weighted by Crippen LogP contribution is 2.35.